The second kappa shape index (κ2) is 19.0. The molecule has 6 aliphatic rings. The van der Waals surface area contributed by atoms with Crippen molar-refractivity contribution in [3.8, 4) is 0 Å². The van der Waals surface area contributed by atoms with Crippen LogP contribution in [-0.2, 0) is 42.9 Å². The van der Waals surface area contributed by atoms with Crippen molar-refractivity contribution in [3.05, 3.63) is 0 Å². The molecule has 0 aromatic heterocycles. The second-order valence-corrected chi connectivity index (χ2v) is 21.3. The fourth-order valence-electron chi connectivity index (χ4n) is 10.7. The molecule has 4 amide bonds. The summed E-state index contributed by atoms with van der Waals surface area (Å²) in [4.78, 5) is 80.2. The molecule has 0 bridgehead atoms. The van der Waals surface area contributed by atoms with Crippen LogP contribution in [-0.4, -0.2) is 130 Å². The number of nitrogens with one attached hydrogen (secondary N) is 2. The number of nitrogens with zero attached hydrogens (tertiary/aromatic N) is 2. The molecule has 16 heteroatoms. The number of methoxy groups -OCH3 is 1. The highest BCUT2D eigenvalue weighted by molar-refractivity contribution is 5.91. The molecule has 4 aliphatic heterocycles. The molecule has 0 spiro atoms. The predicted octanol–water partition coefficient (Wildman–Crippen LogP) is 5.97. The molecular formula is C45H74N4O12. The third-order valence-electron chi connectivity index (χ3n) is 13.0. The van der Waals surface area contributed by atoms with Gasteiger partial charge in [-0.2, -0.15) is 0 Å². The van der Waals surface area contributed by atoms with Crippen LogP contribution in [0.3, 0.4) is 0 Å². The number of hydrogen-bond donors (Lipinski definition) is 3. The first-order valence-electron chi connectivity index (χ1n) is 22.6. The Kier molecular flexibility index (Phi) is 15.1. The van der Waals surface area contributed by atoms with Gasteiger partial charge in [0, 0.05) is 24.9 Å². The summed E-state index contributed by atoms with van der Waals surface area (Å²) in [6.45, 7) is 19.1. The Bertz CT molecular complexity index is 1610. The Hall–Kier alpha value is -3.66. The van der Waals surface area contributed by atoms with E-state index in [1.165, 1.54) is 12.0 Å². The number of amides is 4. The van der Waals surface area contributed by atoms with Gasteiger partial charge in [0.25, 0.3) is 0 Å². The first-order chi connectivity index (χ1) is 28.3. The lowest BCUT2D eigenvalue weighted by atomic mass is 9.83. The van der Waals surface area contributed by atoms with Crippen LogP contribution < -0.4 is 10.6 Å². The van der Waals surface area contributed by atoms with Crippen LogP contribution in [0.2, 0.25) is 0 Å². The SMILES string of the molecule is CC(C)(C)OC(=O)N[C@H](C(=O)N1CC2OC(C)(C)CC2[C@H]1C(=O)O)C1CCCCC1.COC(=O)[C@@H]1C2CC(C)(C)OC2CN1C(=O)[C@@H](NC(=O)OC(C)(C)C)C1CCCCC1. The molecule has 0 aromatic carbocycles. The minimum absolute atomic E-state index is 0.0184. The van der Waals surface area contributed by atoms with Gasteiger partial charge in [0.05, 0.1) is 30.5 Å². The molecule has 16 nitrogen and oxygen atoms in total. The van der Waals surface area contributed by atoms with Gasteiger partial charge in [-0.15, -0.1) is 0 Å². The standard InChI is InChI=1S/C23H38N2O6.C22H36N2O6/c1-22(2,3)31-21(28)24-17(14-10-8-7-9-11-14)19(26)25-13-16-15(12-23(4,5)30-16)18(25)20(27)29-6;1-21(2,3)30-20(28)23-16(13-9-7-6-8-10-13)18(25)24-12-15-14(17(24)19(26)27)11-22(4,5)29-15/h14-18H,7-13H2,1-6H3,(H,24,28);13-17H,6-12H2,1-5H3,(H,23,28)(H,26,27)/t15?,16?,17-,18-;14?,15?,16-,17-/m00/s1. The molecular weight excluding hydrogens is 789 g/mol. The fraction of sp³-hybridized carbons (Fsp3) is 0.867. The Morgan fingerprint density at radius 3 is 1.33 bits per heavy atom. The summed E-state index contributed by atoms with van der Waals surface area (Å²) in [5.74, 6) is -2.38. The topological polar surface area (TPSA) is 199 Å². The average molecular weight is 863 g/mol. The highest BCUT2D eigenvalue weighted by atomic mass is 16.6. The van der Waals surface area contributed by atoms with Gasteiger partial charge < -0.3 is 49.2 Å². The number of alkyl carbamates (subject to hydrolysis) is 2. The molecule has 0 aromatic rings. The Labute approximate surface area is 362 Å². The van der Waals surface area contributed by atoms with Crippen molar-refractivity contribution in [1.29, 1.82) is 0 Å². The minimum Gasteiger partial charge on any atom is -0.480 e. The van der Waals surface area contributed by atoms with E-state index in [1.807, 2.05) is 27.7 Å². The molecule has 3 N–H and O–H groups in total. The molecule has 2 aliphatic carbocycles. The van der Waals surface area contributed by atoms with Gasteiger partial charge in [0.15, 0.2) is 0 Å². The van der Waals surface area contributed by atoms with Gasteiger partial charge in [-0.25, -0.2) is 19.2 Å². The maximum Gasteiger partial charge on any atom is 0.408 e. The molecule has 346 valence electrons. The molecule has 8 atom stereocenters. The molecule has 4 unspecified atom stereocenters. The van der Waals surface area contributed by atoms with Crippen molar-refractivity contribution >= 4 is 35.9 Å². The highest BCUT2D eigenvalue weighted by Crippen LogP contribution is 2.45. The summed E-state index contributed by atoms with van der Waals surface area (Å²) < 4.78 is 28.1. The second-order valence-electron chi connectivity index (χ2n) is 21.3. The summed E-state index contributed by atoms with van der Waals surface area (Å²) in [6, 6.07) is -3.14. The van der Waals surface area contributed by atoms with E-state index in [-0.39, 0.29) is 59.8 Å². The van der Waals surface area contributed by atoms with Crippen molar-refractivity contribution < 1.29 is 57.6 Å². The Balaban J connectivity index is 0.000000231. The number of esters is 1. The smallest absolute Gasteiger partial charge is 0.408 e. The van der Waals surface area contributed by atoms with Crippen molar-refractivity contribution in [2.24, 2.45) is 23.7 Å². The van der Waals surface area contributed by atoms with Crippen LogP contribution >= 0.6 is 0 Å². The maximum absolute atomic E-state index is 13.8. The van der Waals surface area contributed by atoms with E-state index in [0.717, 1.165) is 64.2 Å². The van der Waals surface area contributed by atoms with Crippen LogP contribution in [0.1, 0.15) is 146 Å². The predicted molar refractivity (Wildman–Crippen MR) is 224 cm³/mol. The summed E-state index contributed by atoms with van der Waals surface area (Å²) in [5.41, 5.74) is -2.08. The van der Waals surface area contributed by atoms with Crippen LogP contribution in [0.5, 0.6) is 0 Å². The Morgan fingerprint density at radius 2 is 0.984 bits per heavy atom. The number of aliphatic carboxylic acids is 1. The number of carbonyl (C=O) groups excluding carboxylic acids is 5. The summed E-state index contributed by atoms with van der Waals surface area (Å²) >= 11 is 0. The first kappa shape index (κ1) is 48.4. The molecule has 61 heavy (non-hydrogen) atoms. The largest absolute Gasteiger partial charge is 0.480 e. The average Bonchev–Trinajstić information content (AvgIpc) is 3.85. The Morgan fingerprint density at radius 1 is 0.623 bits per heavy atom. The molecule has 6 fully saturated rings. The third kappa shape index (κ3) is 12.3. The number of hydrogen-bond acceptors (Lipinski definition) is 11. The van der Waals surface area contributed by atoms with Crippen LogP contribution in [0.4, 0.5) is 9.59 Å². The number of carboxylic acid groups (broad SMARTS) is 1. The van der Waals surface area contributed by atoms with E-state index in [4.69, 9.17) is 23.7 Å². The lowest BCUT2D eigenvalue weighted by Crippen LogP contribution is -2.56. The molecule has 4 heterocycles. The van der Waals surface area contributed by atoms with Crippen LogP contribution in [0.25, 0.3) is 0 Å². The van der Waals surface area contributed by atoms with Gasteiger partial charge in [0.2, 0.25) is 11.8 Å². The van der Waals surface area contributed by atoms with E-state index < -0.39 is 65.1 Å². The highest BCUT2D eigenvalue weighted by Gasteiger charge is 2.58. The summed E-state index contributed by atoms with van der Waals surface area (Å²) in [7, 11) is 1.34. The summed E-state index contributed by atoms with van der Waals surface area (Å²) in [5, 5.41) is 15.5. The quantitative estimate of drug-likeness (QED) is 0.191. The molecule has 0 radical (unpaired) electrons. The van der Waals surface area contributed by atoms with Crippen LogP contribution in [0.15, 0.2) is 0 Å². The fourth-order valence-corrected chi connectivity index (χ4v) is 10.7. The minimum atomic E-state index is -1.02. The van der Waals surface area contributed by atoms with Crippen molar-refractivity contribution in [3.63, 3.8) is 0 Å². The molecule has 2 saturated carbocycles. The van der Waals surface area contributed by atoms with E-state index in [0.29, 0.717) is 19.4 Å². The maximum atomic E-state index is 13.8. The normalized spacial score (nSPS) is 29.6. The van der Waals surface area contributed by atoms with Crippen molar-refractivity contribution in [2.75, 3.05) is 20.2 Å². The third-order valence-corrected chi connectivity index (χ3v) is 13.0. The zero-order chi connectivity index (χ0) is 45.2. The van der Waals surface area contributed by atoms with E-state index in [2.05, 4.69) is 10.6 Å². The number of fused-ring (bicyclic) bond motifs is 2. The zero-order valence-corrected chi connectivity index (χ0v) is 38.5. The van der Waals surface area contributed by atoms with Crippen molar-refractivity contribution in [2.45, 2.75) is 205 Å². The van der Waals surface area contributed by atoms with E-state index in [1.54, 1.807) is 46.4 Å². The van der Waals surface area contributed by atoms with Crippen LogP contribution in [0, 0.1) is 23.7 Å². The lowest BCUT2D eigenvalue weighted by molar-refractivity contribution is -0.154. The van der Waals surface area contributed by atoms with Gasteiger partial charge in [-0.3, -0.25) is 9.59 Å². The van der Waals surface area contributed by atoms with Gasteiger partial charge in [-0.1, -0.05) is 38.5 Å². The summed E-state index contributed by atoms with van der Waals surface area (Å²) in [6.07, 6.45) is 9.16. The van der Waals surface area contributed by atoms with Gasteiger partial charge in [0.1, 0.15) is 35.4 Å². The first-order valence-corrected chi connectivity index (χ1v) is 22.6. The van der Waals surface area contributed by atoms with E-state index in [9.17, 15) is 33.9 Å². The van der Waals surface area contributed by atoms with Gasteiger partial charge in [-0.05, 0) is 120 Å². The lowest BCUT2D eigenvalue weighted by Gasteiger charge is -2.35. The number of ether oxygens (including phenoxy) is 5. The number of carboxylic acids is 1. The van der Waals surface area contributed by atoms with Crippen molar-refractivity contribution in [1.82, 2.24) is 20.4 Å². The monoisotopic (exact) mass is 863 g/mol. The number of carbonyl (C=O) groups is 6. The zero-order valence-electron chi connectivity index (χ0n) is 38.5. The van der Waals surface area contributed by atoms with Gasteiger partial charge >= 0.3 is 24.1 Å². The number of rotatable bonds is 8. The molecule has 6 rings (SSSR count). The van der Waals surface area contributed by atoms with E-state index >= 15 is 0 Å². The number of likely N-dealkylation sites (tertiary alicyclic amines) is 2. The molecule has 4 saturated heterocycles.